The van der Waals surface area contributed by atoms with Crippen molar-refractivity contribution in [2.45, 2.75) is 62.7 Å². The van der Waals surface area contributed by atoms with Gasteiger partial charge >= 0.3 is 4.87 Å². The number of ether oxygens (including phenoxy) is 1. The van der Waals surface area contributed by atoms with E-state index in [1.807, 2.05) is 16.3 Å². The minimum absolute atomic E-state index is 0.00451. The Hall–Kier alpha value is -3.20. The van der Waals surface area contributed by atoms with Crippen LogP contribution in [0.1, 0.15) is 76.3 Å². The van der Waals surface area contributed by atoms with E-state index in [4.69, 9.17) is 4.74 Å². The summed E-state index contributed by atoms with van der Waals surface area (Å²) in [4.78, 5) is 36.3. The van der Waals surface area contributed by atoms with Gasteiger partial charge in [-0.05, 0) is 68.0 Å². The molecule has 0 bridgehead atoms. The van der Waals surface area contributed by atoms with Gasteiger partial charge in [0.25, 0.3) is 5.91 Å². The summed E-state index contributed by atoms with van der Waals surface area (Å²) in [5, 5.41) is 27.0. The molecule has 0 unspecified atom stereocenters. The lowest BCUT2D eigenvalue weighted by Gasteiger charge is -2.47. The second-order valence-corrected chi connectivity index (χ2v) is 14.9. The van der Waals surface area contributed by atoms with Gasteiger partial charge in [0.05, 0.1) is 34.6 Å². The number of aliphatic hydroxyl groups excluding tert-OH is 1. The molecule has 10 nitrogen and oxygen atoms in total. The number of phenols is 1. The van der Waals surface area contributed by atoms with Crippen LogP contribution >= 0.6 is 22.7 Å². The fourth-order valence-corrected chi connectivity index (χ4v) is 8.81. The first kappa shape index (κ1) is 32.4. The lowest BCUT2D eigenvalue weighted by atomic mass is 9.86. The molecule has 4 aromatic rings. The van der Waals surface area contributed by atoms with Crippen molar-refractivity contribution in [2.24, 2.45) is 0 Å². The molecule has 4 N–H and O–H groups in total. The van der Waals surface area contributed by atoms with Gasteiger partial charge in [-0.1, -0.05) is 29.9 Å². The van der Waals surface area contributed by atoms with Gasteiger partial charge in [-0.2, -0.15) is 0 Å². The second-order valence-electron chi connectivity index (χ2n) is 13.1. The highest BCUT2D eigenvalue weighted by Crippen LogP contribution is 2.38. The van der Waals surface area contributed by atoms with E-state index < -0.39 is 6.10 Å². The highest BCUT2D eigenvalue weighted by atomic mass is 32.1. The average Bonchev–Trinajstić information content (AvgIpc) is 3.67. The van der Waals surface area contributed by atoms with Crippen molar-refractivity contribution in [2.75, 3.05) is 45.9 Å². The number of aromatic nitrogens is 2. The molecule has 4 heterocycles. The Morgan fingerprint density at radius 3 is 2.79 bits per heavy atom. The van der Waals surface area contributed by atoms with Crippen LogP contribution in [0, 0.1) is 5.82 Å². The highest BCUT2D eigenvalue weighted by molar-refractivity contribution is 7.16. The number of carbonyl (C=O) groups excluding carboxylic acids is 1. The number of aliphatic hydroxyl groups is 1. The zero-order valence-electron chi connectivity index (χ0n) is 26.2. The normalized spacial score (nSPS) is 19.3. The minimum Gasteiger partial charge on any atom is -0.506 e. The van der Waals surface area contributed by atoms with Crippen LogP contribution in [0.25, 0.3) is 10.2 Å². The molecule has 2 saturated heterocycles. The number of benzene rings is 2. The number of aromatic amines is 1. The van der Waals surface area contributed by atoms with Crippen molar-refractivity contribution in [3.05, 3.63) is 78.6 Å². The van der Waals surface area contributed by atoms with Gasteiger partial charge < -0.3 is 30.2 Å². The van der Waals surface area contributed by atoms with Crippen LogP contribution in [0.3, 0.4) is 0 Å². The fourth-order valence-electron chi connectivity index (χ4n) is 6.92. The standard InChI is InChI=1S/C34H40FN5O5S2/c35-24-15-21(6-9-36-17-28(42)25-4-5-27(41)29-30(25)47-33(44)38-29)14-22(16-24)18-39-10-7-34(8-11-39)20-40(12-13-45-34)32(43)26-19-46-31(37-26)23-2-1-3-23/h4-5,14-16,19,23,28,36,41-42H,1-3,6-13,17-18,20H2,(H,38,44)/t28-/m0/s1. The highest BCUT2D eigenvalue weighted by Gasteiger charge is 2.41. The molecule has 1 spiro atoms. The third kappa shape index (κ3) is 7.15. The summed E-state index contributed by atoms with van der Waals surface area (Å²) < 4.78 is 21.5. The SMILES string of the molecule is O=C(c1csc(C2CCC2)n1)N1CCOC2(CCN(Cc3cc(F)cc(CCNC[C@H](O)c4ccc(O)c5[nH]c(=O)sc45)c3)CC2)C1. The average molecular weight is 682 g/mol. The maximum Gasteiger partial charge on any atom is 0.305 e. The summed E-state index contributed by atoms with van der Waals surface area (Å²) in [6.45, 7) is 4.70. The van der Waals surface area contributed by atoms with Gasteiger partial charge in [-0.15, -0.1) is 11.3 Å². The molecule has 250 valence electrons. The van der Waals surface area contributed by atoms with Crippen LogP contribution < -0.4 is 10.2 Å². The molecule has 13 heteroatoms. The summed E-state index contributed by atoms with van der Waals surface area (Å²) >= 11 is 2.57. The summed E-state index contributed by atoms with van der Waals surface area (Å²) in [6.07, 6.45) is 4.92. The fraction of sp³-hybridized carbons (Fsp3) is 0.500. The number of H-pyrrole nitrogens is 1. The van der Waals surface area contributed by atoms with Crippen LogP contribution in [-0.2, 0) is 17.7 Å². The lowest BCUT2D eigenvalue weighted by Crippen LogP contribution is -2.58. The number of nitrogens with zero attached hydrogens (tertiary/aromatic N) is 3. The molecule has 3 fully saturated rings. The van der Waals surface area contributed by atoms with E-state index in [1.54, 1.807) is 29.5 Å². The zero-order valence-corrected chi connectivity index (χ0v) is 27.8. The number of rotatable bonds is 10. The zero-order chi connectivity index (χ0) is 32.5. The van der Waals surface area contributed by atoms with Crippen molar-refractivity contribution in [1.29, 1.82) is 0 Å². The predicted octanol–water partition coefficient (Wildman–Crippen LogP) is 4.53. The van der Waals surface area contributed by atoms with E-state index in [1.165, 1.54) is 25.3 Å². The van der Waals surface area contributed by atoms with Crippen LogP contribution in [0.15, 0.2) is 40.5 Å². The molecule has 2 aromatic carbocycles. The van der Waals surface area contributed by atoms with E-state index in [0.29, 0.717) is 66.6 Å². The number of thiazole rings is 2. The molecule has 1 atom stereocenters. The van der Waals surface area contributed by atoms with E-state index in [2.05, 4.69) is 20.2 Å². The van der Waals surface area contributed by atoms with E-state index in [0.717, 1.165) is 53.4 Å². The quantitative estimate of drug-likeness (QED) is 0.180. The molecule has 0 radical (unpaired) electrons. The second kappa shape index (κ2) is 13.7. The molecular weight excluding hydrogens is 642 g/mol. The number of halogens is 1. The number of carbonyl (C=O) groups is 1. The van der Waals surface area contributed by atoms with Crippen LogP contribution in [0.2, 0.25) is 0 Å². The van der Waals surface area contributed by atoms with Gasteiger partial charge in [0.1, 0.15) is 22.8 Å². The summed E-state index contributed by atoms with van der Waals surface area (Å²) in [7, 11) is 0. The summed E-state index contributed by atoms with van der Waals surface area (Å²) in [6, 6.07) is 8.26. The first-order valence-corrected chi connectivity index (χ1v) is 18.1. The van der Waals surface area contributed by atoms with Crippen LogP contribution in [-0.4, -0.2) is 87.4 Å². The molecule has 47 heavy (non-hydrogen) atoms. The molecule has 7 rings (SSSR count). The first-order valence-electron chi connectivity index (χ1n) is 16.4. The van der Waals surface area contributed by atoms with E-state index >= 15 is 0 Å². The van der Waals surface area contributed by atoms with Gasteiger partial charge in [0.15, 0.2) is 0 Å². The first-order chi connectivity index (χ1) is 22.7. The van der Waals surface area contributed by atoms with Crippen molar-refractivity contribution in [3.8, 4) is 5.75 Å². The van der Waals surface area contributed by atoms with Crippen molar-refractivity contribution in [1.82, 2.24) is 25.1 Å². The maximum atomic E-state index is 14.6. The van der Waals surface area contributed by atoms with Gasteiger partial charge in [0, 0.05) is 49.6 Å². The van der Waals surface area contributed by atoms with Crippen molar-refractivity contribution >= 4 is 38.8 Å². The molecule has 3 aliphatic rings. The number of hydrogen-bond donors (Lipinski definition) is 4. The molecular formula is C34H40FN5O5S2. The van der Waals surface area contributed by atoms with Crippen LogP contribution in [0.5, 0.6) is 5.75 Å². The van der Waals surface area contributed by atoms with Gasteiger partial charge in [-0.25, -0.2) is 9.37 Å². The molecule has 1 aliphatic carbocycles. The van der Waals surface area contributed by atoms with Gasteiger partial charge in [-0.3, -0.25) is 14.5 Å². The lowest BCUT2D eigenvalue weighted by molar-refractivity contribution is -0.128. The molecule has 2 aliphatic heterocycles. The number of aromatic hydroxyl groups is 1. The Labute approximate surface area is 280 Å². The molecule has 1 amide bonds. The summed E-state index contributed by atoms with van der Waals surface area (Å²) in [5.41, 5.74) is 2.90. The largest absolute Gasteiger partial charge is 0.506 e. The van der Waals surface area contributed by atoms with Crippen molar-refractivity contribution < 1.29 is 24.1 Å². The smallest absolute Gasteiger partial charge is 0.305 e. The number of fused-ring (bicyclic) bond motifs is 1. The number of amides is 1. The third-order valence-electron chi connectivity index (χ3n) is 9.80. The number of piperidine rings is 1. The summed E-state index contributed by atoms with van der Waals surface area (Å²) in [5.74, 6) is 0.229. The number of phenolic OH excluding ortho intramolecular Hbond substituents is 1. The Balaban J connectivity index is 0.892. The van der Waals surface area contributed by atoms with E-state index in [9.17, 15) is 24.2 Å². The number of hydrogen-bond acceptors (Lipinski definition) is 10. The third-order valence-corrected chi connectivity index (χ3v) is 11.7. The molecule has 2 aromatic heterocycles. The predicted molar refractivity (Wildman–Crippen MR) is 180 cm³/mol. The Morgan fingerprint density at radius 1 is 1.19 bits per heavy atom. The van der Waals surface area contributed by atoms with Gasteiger partial charge in [0.2, 0.25) is 0 Å². The number of likely N-dealkylation sites (tertiary alicyclic amines) is 1. The molecule has 1 saturated carbocycles. The minimum atomic E-state index is -0.870. The topological polar surface area (TPSA) is 131 Å². The van der Waals surface area contributed by atoms with E-state index in [-0.39, 0.29) is 34.5 Å². The number of nitrogens with one attached hydrogen (secondary N) is 2. The van der Waals surface area contributed by atoms with Crippen molar-refractivity contribution in [3.63, 3.8) is 0 Å². The monoisotopic (exact) mass is 681 g/mol. The van der Waals surface area contributed by atoms with Crippen LogP contribution in [0.4, 0.5) is 4.39 Å². The Kier molecular flexibility index (Phi) is 9.45. The number of morpholine rings is 1. The maximum absolute atomic E-state index is 14.6. The Bertz CT molecular complexity index is 1790. The Morgan fingerprint density at radius 2 is 2.00 bits per heavy atom.